The zero-order valence-corrected chi connectivity index (χ0v) is 35.0. The van der Waals surface area contributed by atoms with E-state index in [1.54, 1.807) is 0 Å². The van der Waals surface area contributed by atoms with E-state index in [2.05, 4.69) is 13.5 Å². The first-order valence-electron chi connectivity index (χ1n) is 18.1. The molecule has 0 amide bonds. The summed E-state index contributed by atoms with van der Waals surface area (Å²) in [5.74, 6) is -7.82. The normalized spacial score (nSPS) is 15.5. The van der Waals surface area contributed by atoms with Crippen molar-refractivity contribution in [2.45, 2.75) is 24.7 Å². The monoisotopic (exact) mass is 1000 g/mol. The number of alkyl halides is 12. The van der Waals surface area contributed by atoms with Gasteiger partial charge >= 0.3 is 47.7 Å². The van der Waals surface area contributed by atoms with Crippen LogP contribution in [0.1, 0.15) is 22.3 Å². The Labute approximate surface area is 363 Å². The maximum absolute atomic E-state index is 15.7. The van der Waals surface area contributed by atoms with Gasteiger partial charge in [-0.25, -0.2) is 8.78 Å². The highest BCUT2D eigenvalue weighted by Crippen LogP contribution is 2.79. The van der Waals surface area contributed by atoms with Crippen LogP contribution in [0.4, 0.5) is 61.5 Å². The van der Waals surface area contributed by atoms with Crippen LogP contribution >= 0.6 is 23.0 Å². The molecular formula is C40H24F14N3O6P3. The van der Waals surface area contributed by atoms with E-state index in [0.29, 0.717) is 48.5 Å². The number of hydrogen-bond acceptors (Lipinski definition) is 9. The van der Waals surface area contributed by atoms with E-state index in [1.165, 1.54) is 12.1 Å². The Balaban J connectivity index is 1.65. The molecule has 0 bridgehead atoms. The highest BCUT2D eigenvalue weighted by Gasteiger charge is 2.50. The number of hydrogen-bond donors (Lipinski definition) is 0. The van der Waals surface area contributed by atoms with Crippen LogP contribution in [0.15, 0.2) is 159 Å². The van der Waals surface area contributed by atoms with Gasteiger partial charge in [0, 0.05) is 0 Å². The standard InChI is InChI=1S/C40H24F14N3O6P3/c41-33-17-1-3-19-35(33)62-66(63-36-20-4-2-18-34(36)42)56-64(58-29-13-5-9-25(21-29)37(43,44)45,59-30-14-6-10-26(22-30)38(46,47)48)55-65(57-66,60-31-15-7-11-27(23-31)39(49,50)51)61-32-16-8-12-28(24-32)40(52,53)54/h1-24H. The Hall–Kier alpha value is -6.17. The van der Waals surface area contributed by atoms with E-state index >= 15 is 8.78 Å². The summed E-state index contributed by atoms with van der Waals surface area (Å²) in [6.45, 7) is 0. The van der Waals surface area contributed by atoms with E-state index in [1.807, 2.05) is 0 Å². The molecule has 0 unspecified atom stereocenters. The Kier molecular flexibility index (Phi) is 13.0. The molecule has 0 saturated heterocycles. The van der Waals surface area contributed by atoms with Crippen LogP contribution in [0.5, 0.6) is 34.5 Å². The second-order valence-electron chi connectivity index (χ2n) is 13.3. The third kappa shape index (κ3) is 11.4. The molecule has 0 radical (unpaired) electrons. The molecule has 66 heavy (non-hydrogen) atoms. The van der Waals surface area contributed by atoms with Crippen molar-refractivity contribution in [1.29, 1.82) is 0 Å². The molecule has 1 aliphatic heterocycles. The number of nitrogens with zero attached hydrogens (tertiary/aromatic N) is 3. The molecule has 0 aliphatic carbocycles. The van der Waals surface area contributed by atoms with Gasteiger partial charge in [-0.2, -0.15) is 52.7 Å². The molecule has 1 heterocycles. The van der Waals surface area contributed by atoms with Crippen LogP contribution in [-0.2, 0) is 24.7 Å². The lowest BCUT2D eigenvalue weighted by atomic mass is 10.2. The van der Waals surface area contributed by atoms with Gasteiger partial charge in [-0.15, -0.1) is 0 Å². The molecule has 0 aromatic heterocycles. The first kappa shape index (κ1) is 47.8. The van der Waals surface area contributed by atoms with Crippen molar-refractivity contribution in [3.63, 3.8) is 0 Å². The molecule has 0 saturated carbocycles. The van der Waals surface area contributed by atoms with E-state index < -0.39 is 116 Å². The quantitative estimate of drug-likeness (QED) is 0.0896. The lowest BCUT2D eigenvalue weighted by molar-refractivity contribution is -0.138. The van der Waals surface area contributed by atoms with Gasteiger partial charge in [0.15, 0.2) is 23.1 Å². The largest absolute Gasteiger partial charge is 0.461 e. The molecule has 26 heteroatoms. The summed E-state index contributed by atoms with van der Waals surface area (Å²) in [7, 11) is -16.6. The summed E-state index contributed by atoms with van der Waals surface area (Å²) in [4.78, 5) is 0. The predicted octanol–water partition coefficient (Wildman–Crippen LogP) is 16.7. The van der Waals surface area contributed by atoms with Crippen LogP contribution < -0.4 is 27.1 Å². The number of rotatable bonds is 12. The van der Waals surface area contributed by atoms with Crippen molar-refractivity contribution >= 4 is 23.0 Å². The lowest BCUT2D eigenvalue weighted by Crippen LogP contribution is -2.13. The maximum atomic E-state index is 15.7. The van der Waals surface area contributed by atoms with Crippen molar-refractivity contribution in [3.8, 4) is 34.5 Å². The van der Waals surface area contributed by atoms with E-state index in [9.17, 15) is 52.7 Å². The summed E-state index contributed by atoms with van der Waals surface area (Å²) in [5.41, 5.74) is -5.64. The molecule has 6 aromatic carbocycles. The number of para-hydroxylation sites is 2. The molecule has 1 aliphatic rings. The second kappa shape index (κ2) is 17.9. The summed E-state index contributed by atoms with van der Waals surface area (Å²) in [5, 5.41) is 0. The molecule has 0 spiro atoms. The number of halogens is 14. The minimum Gasteiger partial charge on any atom is -0.413 e. The molecule has 0 N–H and O–H groups in total. The van der Waals surface area contributed by atoms with E-state index in [-0.39, 0.29) is 0 Å². The Morgan fingerprint density at radius 3 is 0.788 bits per heavy atom. The van der Waals surface area contributed by atoms with Crippen LogP contribution in [0.25, 0.3) is 0 Å². The third-order valence-electron chi connectivity index (χ3n) is 8.33. The van der Waals surface area contributed by atoms with Gasteiger partial charge in [0.05, 0.1) is 22.3 Å². The highest BCUT2D eigenvalue weighted by molar-refractivity contribution is 7.79. The van der Waals surface area contributed by atoms with E-state index in [0.717, 1.165) is 84.9 Å². The van der Waals surface area contributed by atoms with Gasteiger partial charge in [0.25, 0.3) is 0 Å². The van der Waals surface area contributed by atoms with Crippen LogP contribution in [0.3, 0.4) is 0 Å². The van der Waals surface area contributed by atoms with Crippen molar-refractivity contribution in [2.24, 2.45) is 13.5 Å². The van der Waals surface area contributed by atoms with Crippen molar-refractivity contribution < 1.29 is 88.6 Å². The maximum Gasteiger partial charge on any atom is 0.461 e. The van der Waals surface area contributed by atoms with Crippen molar-refractivity contribution in [1.82, 2.24) is 0 Å². The van der Waals surface area contributed by atoms with Crippen molar-refractivity contribution in [3.05, 3.63) is 179 Å². The summed E-state index contributed by atoms with van der Waals surface area (Å²) in [6, 6.07) is 18.3. The van der Waals surface area contributed by atoms with Crippen LogP contribution in [0.2, 0.25) is 0 Å². The Bertz CT molecular complexity index is 2640. The zero-order valence-electron chi connectivity index (χ0n) is 32.3. The Morgan fingerprint density at radius 2 is 0.545 bits per heavy atom. The number of benzene rings is 6. The first-order valence-corrected chi connectivity index (χ1v) is 22.7. The first-order chi connectivity index (χ1) is 30.8. The Morgan fingerprint density at radius 1 is 0.303 bits per heavy atom. The third-order valence-corrected chi connectivity index (χ3v) is 16.4. The van der Waals surface area contributed by atoms with Gasteiger partial charge in [0.1, 0.15) is 23.0 Å². The minimum atomic E-state index is -5.56. The van der Waals surface area contributed by atoms with Gasteiger partial charge < -0.3 is 27.1 Å². The second-order valence-corrected chi connectivity index (χ2v) is 19.4. The average molecular weight is 1000 g/mol. The molecule has 0 fully saturated rings. The summed E-state index contributed by atoms with van der Waals surface area (Å²) >= 11 is 0. The fraction of sp³-hybridized carbons (Fsp3) is 0.100. The SMILES string of the molecule is Fc1ccccc1OP1(Oc2ccccc2F)=NP(Oc2cccc(C(F)(F)F)c2)(Oc2cccc(C(F)(F)F)c2)=NP(Oc2cccc(C(F)(F)F)c2)(Oc2cccc(C(F)(F)F)c2)=N1. The zero-order chi connectivity index (χ0) is 47.8. The lowest BCUT2D eigenvalue weighted by Gasteiger charge is -2.33. The van der Waals surface area contributed by atoms with Crippen LogP contribution in [0, 0.1) is 11.6 Å². The van der Waals surface area contributed by atoms with Gasteiger partial charge in [0.2, 0.25) is 0 Å². The smallest absolute Gasteiger partial charge is 0.413 e. The fourth-order valence-electron chi connectivity index (χ4n) is 5.52. The highest BCUT2D eigenvalue weighted by atomic mass is 31.3. The van der Waals surface area contributed by atoms with Crippen LogP contribution in [-0.4, -0.2) is 0 Å². The summed E-state index contributed by atoms with van der Waals surface area (Å²) < 4.78 is 250. The molecule has 7 rings (SSSR count). The van der Waals surface area contributed by atoms with E-state index in [4.69, 9.17) is 27.1 Å². The average Bonchev–Trinajstić information content (AvgIpc) is 3.21. The van der Waals surface area contributed by atoms with Gasteiger partial charge in [-0.05, 0) is 97.1 Å². The molecule has 348 valence electrons. The predicted molar refractivity (Wildman–Crippen MR) is 210 cm³/mol. The van der Waals surface area contributed by atoms with Gasteiger partial charge in [-0.3, -0.25) is 0 Å². The minimum absolute atomic E-state index is 0.338. The molecular weight excluding hydrogens is 977 g/mol. The molecule has 9 nitrogen and oxygen atoms in total. The molecule has 6 aromatic rings. The molecule has 0 atom stereocenters. The topological polar surface area (TPSA) is 92.5 Å². The fourth-order valence-corrected chi connectivity index (χ4v) is 14.6. The van der Waals surface area contributed by atoms with Crippen molar-refractivity contribution in [2.75, 3.05) is 0 Å². The summed E-state index contributed by atoms with van der Waals surface area (Å²) in [6.07, 6.45) is -20.4. The van der Waals surface area contributed by atoms with Gasteiger partial charge in [-0.1, -0.05) is 62.1 Å².